The smallest absolute Gasteiger partial charge is 0.138 e. The van der Waals surface area contributed by atoms with Crippen molar-refractivity contribution in [1.29, 1.82) is 0 Å². The lowest BCUT2D eigenvalue weighted by Crippen LogP contribution is -2.27. The SMILES string of the molecule is COCc1cncc(O)c1C1CCCCN1. The average molecular weight is 222 g/mol. The zero-order valence-corrected chi connectivity index (χ0v) is 9.57. The molecule has 1 unspecified atom stereocenters. The lowest BCUT2D eigenvalue weighted by Gasteiger charge is -2.26. The number of rotatable bonds is 3. The Hall–Kier alpha value is -1.13. The fraction of sp³-hybridized carbons (Fsp3) is 0.583. The zero-order valence-electron chi connectivity index (χ0n) is 9.57. The molecule has 1 fully saturated rings. The molecular formula is C12H18N2O2. The summed E-state index contributed by atoms with van der Waals surface area (Å²) in [5.74, 6) is 0.272. The Kier molecular flexibility index (Phi) is 3.74. The molecule has 2 rings (SSSR count). The Morgan fingerprint density at radius 1 is 1.50 bits per heavy atom. The highest BCUT2D eigenvalue weighted by atomic mass is 16.5. The summed E-state index contributed by atoms with van der Waals surface area (Å²) in [5, 5.41) is 13.3. The van der Waals surface area contributed by atoms with E-state index in [0.717, 1.165) is 24.1 Å². The van der Waals surface area contributed by atoms with Crippen LogP contribution in [0.2, 0.25) is 0 Å². The van der Waals surface area contributed by atoms with E-state index in [1.54, 1.807) is 13.3 Å². The monoisotopic (exact) mass is 222 g/mol. The summed E-state index contributed by atoms with van der Waals surface area (Å²) >= 11 is 0. The van der Waals surface area contributed by atoms with Gasteiger partial charge in [-0.3, -0.25) is 4.98 Å². The minimum Gasteiger partial charge on any atom is -0.506 e. The molecule has 1 atom stereocenters. The van der Waals surface area contributed by atoms with Crippen LogP contribution in [0.1, 0.15) is 36.4 Å². The minimum atomic E-state index is 0.238. The molecule has 4 heteroatoms. The highest BCUT2D eigenvalue weighted by Gasteiger charge is 2.21. The van der Waals surface area contributed by atoms with Gasteiger partial charge in [0.2, 0.25) is 0 Å². The number of pyridine rings is 1. The minimum absolute atomic E-state index is 0.238. The van der Waals surface area contributed by atoms with Crippen LogP contribution in [0.3, 0.4) is 0 Å². The van der Waals surface area contributed by atoms with Crippen molar-refractivity contribution in [3.63, 3.8) is 0 Å². The second-order valence-electron chi connectivity index (χ2n) is 4.17. The Labute approximate surface area is 95.7 Å². The summed E-state index contributed by atoms with van der Waals surface area (Å²) in [6.45, 7) is 1.51. The molecule has 1 aliphatic heterocycles. The van der Waals surface area contributed by atoms with Crippen molar-refractivity contribution in [3.8, 4) is 5.75 Å². The van der Waals surface area contributed by atoms with Gasteiger partial charge in [-0.2, -0.15) is 0 Å². The zero-order chi connectivity index (χ0) is 11.4. The predicted molar refractivity (Wildman–Crippen MR) is 61.2 cm³/mol. The molecule has 0 aromatic carbocycles. The van der Waals surface area contributed by atoms with Crippen LogP contribution in [-0.4, -0.2) is 23.7 Å². The Balaban J connectivity index is 2.28. The van der Waals surface area contributed by atoms with Crippen molar-refractivity contribution in [2.75, 3.05) is 13.7 Å². The van der Waals surface area contributed by atoms with E-state index in [-0.39, 0.29) is 11.8 Å². The summed E-state index contributed by atoms with van der Waals surface area (Å²) in [6, 6.07) is 0.238. The molecule has 1 aromatic rings. The number of methoxy groups -OCH3 is 1. The van der Waals surface area contributed by atoms with Gasteiger partial charge in [-0.1, -0.05) is 6.42 Å². The van der Waals surface area contributed by atoms with Gasteiger partial charge in [0.25, 0.3) is 0 Å². The first-order valence-electron chi connectivity index (χ1n) is 5.71. The normalized spacial score (nSPS) is 20.9. The molecule has 1 aromatic heterocycles. The molecule has 1 aliphatic rings. The summed E-state index contributed by atoms with van der Waals surface area (Å²) in [5.41, 5.74) is 1.93. The number of piperidine rings is 1. The third-order valence-electron chi connectivity index (χ3n) is 3.01. The van der Waals surface area contributed by atoms with Crippen molar-refractivity contribution >= 4 is 0 Å². The summed E-state index contributed by atoms with van der Waals surface area (Å²) in [7, 11) is 1.65. The van der Waals surface area contributed by atoms with E-state index < -0.39 is 0 Å². The van der Waals surface area contributed by atoms with Gasteiger partial charge in [0.05, 0.1) is 12.8 Å². The van der Waals surface area contributed by atoms with Gasteiger partial charge in [-0.25, -0.2) is 0 Å². The molecule has 0 spiro atoms. The molecule has 0 amide bonds. The predicted octanol–water partition coefficient (Wildman–Crippen LogP) is 1.75. The Bertz CT molecular complexity index is 349. The number of ether oxygens (including phenoxy) is 1. The Morgan fingerprint density at radius 2 is 2.38 bits per heavy atom. The first-order chi connectivity index (χ1) is 7.83. The highest BCUT2D eigenvalue weighted by Crippen LogP contribution is 2.32. The molecule has 88 valence electrons. The van der Waals surface area contributed by atoms with E-state index in [0.29, 0.717) is 6.61 Å². The van der Waals surface area contributed by atoms with Crippen molar-refractivity contribution in [3.05, 3.63) is 23.5 Å². The van der Waals surface area contributed by atoms with E-state index in [9.17, 15) is 5.11 Å². The topological polar surface area (TPSA) is 54.4 Å². The van der Waals surface area contributed by atoms with Gasteiger partial charge in [0.15, 0.2) is 0 Å². The molecule has 4 nitrogen and oxygen atoms in total. The van der Waals surface area contributed by atoms with Crippen molar-refractivity contribution in [1.82, 2.24) is 10.3 Å². The maximum absolute atomic E-state index is 9.91. The van der Waals surface area contributed by atoms with Crippen LogP contribution in [-0.2, 0) is 11.3 Å². The Morgan fingerprint density at radius 3 is 3.06 bits per heavy atom. The molecule has 0 bridgehead atoms. The van der Waals surface area contributed by atoms with E-state index in [4.69, 9.17) is 4.74 Å². The second kappa shape index (κ2) is 5.27. The first-order valence-corrected chi connectivity index (χ1v) is 5.71. The van der Waals surface area contributed by atoms with E-state index in [1.165, 1.54) is 19.0 Å². The van der Waals surface area contributed by atoms with E-state index >= 15 is 0 Å². The van der Waals surface area contributed by atoms with Gasteiger partial charge in [0, 0.05) is 30.5 Å². The molecule has 16 heavy (non-hydrogen) atoms. The maximum atomic E-state index is 9.91. The number of hydrogen-bond acceptors (Lipinski definition) is 4. The summed E-state index contributed by atoms with van der Waals surface area (Å²) in [6.07, 6.45) is 6.75. The van der Waals surface area contributed by atoms with Crippen molar-refractivity contribution < 1.29 is 9.84 Å². The number of hydrogen-bond donors (Lipinski definition) is 2. The van der Waals surface area contributed by atoms with Crippen molar-refractivity contribution in [2.45, 2.75) is 31.9 Å². The number of nitrogens with one attached hydrogen (secondary N) is 1. The number of nitrogens with zero attached hydrogens (tertiary/aromatic N) is 1. The van der Waals surface area contributed by atoms with E-state index in [1.807, 2.05) is 0 Å². The molecule has 2 heterocycles. The van der Waals surface area contributed by atoms with Gasteiger partial charge in [0.1, 0.15) is 5.75 Å². The maximum Gasteiger partial charge on any atom is 0.138 e. The number of aromatic nitrogens is 1. The molecule has 0 aliphatic carbocycles. The molecule has 1 saturated heterocycles. The highest BCUT2D eigenvalue weighted by molar-refractivity contribution is 5.38. The second-order valence-corrected chi connectivity index (χ2v) is 4.17. The third kappa shape index (κ3) is 2.33. The lowest BCUT2D eigenvalue weighted by molar-refractivity contribution is 0.182. The summed E-state index contributed by atoms with van der Waals surface area (Å²) in [4.78, 5) is 4.00. The van der Waals surface area contributed by atoms with Gasteiger partial charge in [-0.05, 0) is 19.4 Å². The van der Waals surface area contributed by atoms with E-state index in [2.05, 4.69) is 10.3 Å². The van der Waals surface area contributed by atoms with Crippen LogP contribution < -0.4 is 5.32 Å². The van der Waals surface area contributed by atoms with Crippen LogP contribution in [0.25, 0.3) is 0 Å². The van der Waals surface area contributed by atoms with Gasteiger partial charge in [-0.15, -0.1) is 0 Å². The molecule has 2 N–H and O–H groups in total. The molecule has 0 saturated carbocycles. The average Bonchev–Trinajstić information content (AvgIpc) is 2.31. The quantitative estimate of drug-likeness (QED) is 0.818. The standard InChI is InChI=1S/C12H18N2O2/c1-16-8-9-6-13-7-11(15)12(9)10-4-2-3-5-14-10/h6-7,10,14-15H,2-5,8H2,1H3. The third-order valence-corrected chi connectivity index (χ3v) is 3.01. The molecular weight excluding hydrogens is 204 g/mol. The van der Waals surface area contributed by atoms with Crippen LogP contribution in [0, 0.1) is 0 Å². The summed E-state index contributed by atoms with van der Waals surface area (Å²) < 4.78 is 5.14. The van der Waals surface area contributed by atoms with Crippen LogP contribution >= 0.6 is 0 Å². The lowest BCUT2D eigenvalue weighted by atomic mass is 9.94. The van der Waals surface area contributed by atoms with Crippen LogP contribution in [0.4, 0.5) is 0 Å². The largest absolute Gasteiger partial charge is 0.506 e. The van der Waals surface area contributed by atoms with Gasteiger partial charge >= 0.3 is 0 Å². The van der Waals surface area contributed by atoms with Crippen LogP contribution in [0.15, 0.2) is 12.4 Å². The van der Waals surface area contributed by atoms with Crippen LogP contribution in [0.5, 0.6) is 5.75 Å². The fourth-order valence-corrected chi connectivity index (χ4v) is 2.27. The van der Waals surface area contributed by atoms with Gasteiger partial charge < -0.3 is 15.2 Å². The van der Waals surface area contributed by atoms with Crippen molar-refractivity contribution in [2.24, 2.45) is 0 Å². The number of aromatic hydroxyl groups is 1. The first kappa shape index (κ1) is 11.4. The molecule has 0 radical (unpaired) electrons. The fourth-order valence-electron chi connectivity index (χ4n) is 2.27.